The van der Waals surface area contributed by atoms with E-state index in [4.69, 9.17) is 9.47 Å². The molecule has 0 amide bonds. The van der Waals surface area contributed by atoms with E-state index in [1.54, 1.807) is 14.2 Å². The Morgan fingerprint density at radius 3 is 2.37 bits per heavy atom. The lowest BCUT2D eigenvalue weighted by Gasteiger charge is -2.23. The van der Waals surface area contributed by atoms with Crippen LogP contribution in [-0.2, 0) is 0 Å². The number of methoxy groups -OCH3 is 2. The molecule has 0 fully saturated rings. The molecule has 3 nitrogen and oxygen atoms in total. The lowest BCUT2D eigenvalue weighted by atomic mass is 9.97. The fourth-order valence-electron chi connectivity index (χ4n) is 2.13. The highest BCUT2D eigenvalue weighted by molar-refractivity contribution is 5.60. The Balaban J connectivity index is 2.82. The molecule has 2 unspecified atom stereocenters. The molecular formula is C16H27NO2. The van der Waals surface area contributed by atoms with Gasteiger partial charge in [-0.05, 0) is 30.9 Å². The summed E-state index contributed by atoms with van der Waals surface area (Å²) in [6, 6.07) is 6.32. The fraction of sp³-hybridized carbons (Fsp3) is 0.625. The SMILES string of the molecule is CCC(C)CC(CC)Nc1cc(OC)ccc1OC. The number of hydrogen-bond acceptors (Lipinski definition) is 3. The van der Waals surface area contributed by atoms with Crippen LogP contribution in [0.3, 0.4) is 0 Å². The van der Waals surface area contributed by atoms with Gasteiger partial charge < -0.3 is 14.8 Å². The topological polar surface area (TPSA) is 30.5 Å². The largest absolute Gasteiger partial charge is 0.497 e. The van der Waals surface area contributed by atoms with E-state index in [0.29, 0.717) is 6.04 Å². The first kappa shape index (κ1) is 15.7. The summed E-state index contributed by atoms with van der Waals surface area (Å²) in [5.41, 5.74) is 1.01. The molecule has 0 aliphatic carbocycles. The van der Waals surface area contributed by atoms with Crippen molar-refractivity contribution in [2.45, 2.75) is 46.1 Å². The predicted octanol–water partition coefficient (Wildman–Crippen LogP) is 4.33. The molecule has 1 aromatic carbocycles. The highest BCUT2D eigenvalue weighted by Crippen LogP contribution is 2.30. The van der Waals surface area contributed by atoms with Crippen molar-refractivity contribution in [2.75, 3.05) is 19.5 Å². The summed E-state index contributed by atoms with van der Waals surface area (Å²) in [5.74, 6) is 2.44. The van der Waals surface area contributed by atoms with Gasteiger partial charge in [0.1, 0.15) is 11.5 Å². The highest BCUT2D eigenvalue weighted by atomic mass is 16.5. The van der Waals surface area contributed by atoms with E-state index in [9.17, 15) is 0 Å². The Labute approximate surface area is 117 Å². The van der Waals surface area contributed by atoms with Crippen molar-refractivity contribution in [3.8, 4) is 11.5 Å². The third kappa shape index (κ3) is 4.66. The molecule has 1 aromatic rings. The van der Waals surface area contributed by atoms with Gasteiger partial charge in [0.2, 0.25) is 0 Å². The maximum atomic E-state index is 5.40. The van der Waals surface area contributed by atoms with Crippen molar-refractivity contribution in [1.29, 1.82) is 0 Å². The van der Waals surface area contributed by atoms with Crippen LogP contribution in [0.1, 0.15) is 40.0 Å². The first-order chi connectivity index (χ1) is 9.14. The van der Waals surface area contributed by atoms with Gasteiger partial charge in [0.15, 0.2) is 0 Å². The van der Waals surface area contributed by atoms with Crippen LogP contribution in [0.2, 0.25) is 0 Å². The Bertz CT molecular complexity index is 379. The van der Waals surface area contributed by atoms with Crippen LogP contribution < -0.4 is 14.8 Å². The summed E-state index contributed by atoms with van der Waals surface area (Å²) in [4.78, 5) is 0. The minimum Gasteiger partial charge on any atom is -0.497 e. The second-order valence-electron chi connectivity index (χ2n) is 5.06. The second kappa shape index (κ2) is 7.93. The third-order valence-corrected chi connectivity index (χ3v) is 3.64. The van der Waals surface area contributed by atoms with Crippen LogP contribution in [0.4, 0.5) is 5.69 Å². The first-order valence-corrected chi connectivity index (χ1v) is 7.13. The minimum atomic E-state index is 0.468. The number of hydrogen-bond donors (Lipinski definition) is 1. The van der Waals surface area contributed by atoms with Gasteiger partial charge >= 0.3 is 0 Å². The molecule has 0 saturated carbocycles. The second-order valence-corrected chi connectivity index (χ2v) is 5.06. The van der Waals surface area contributed by atoms with Crippen LogP contribution in [0.5, 0.6) is 11.5 Å². The van der Waals surface area contributed by atoms with Crippen LogP contribution in [-0.4, -0.2) is 20.3 Å². The van der Waals surface area contributed by atoms with Gasteiger partial charge in [-0.2, -0.15) is 0 Å². The molecule has 0 aromatic heterocycles. The number of nitrogens with one attached hydrogen (secondary N) is 1. The maximum absolute atomic E-state index is 5.40. The van der Waals surface area contributed by atoms with E-state index in [1.165, 1.54) is 12.8 Å². The lowest BCUT2D eigenvalue weighted by molar-refractivity contribution is 0.402. The van der Waals surface area contributed by atoms with Gasteiger partial charge in [0, 0.05) is 12.1 Å². The molecule has 19 heavy (non-hydrogen) atoms. The summed E-state index contributed by atoms with van der Waals surface area (Å²) in [6.45, 7) is 6.75. The Hall–Kier alpha value is -1.38. The van der Waals surface area contributed by atoms with Gasteiger partial charge in [0.05, 0.1) is 19.9 Å². The monoisotopic (exact) mass is 265 g/mol. The number of rotatable bonds is 8. The lowest BCUT2D eigenvalue weighted by Crippen LogP contribution is -2.21. The van der Waals surface area contributed by atoms with Crippen molar-refractivity contribution in [1.82, 2.24) is 0 Å². The van der Waals surface area contributed by atoms with E-state index in [1.807, 2.05) is 18.2 Å². The molecule has 0 aliphatic rings. The molecule has 0 bridgehead atoms. The molecule has 3 heteroatoms. The van der Waals surface area contributed by atoms with E-state index < -0.39 is 0 Å². The van der Waals surface area contributed by atoms with E-state index in [0.717, 1.165) is 29.5 Å². The summed E-state index contributed by atoms with van der Waals surface area (Å²) < 4.78 is 10.7. The quantitative estimate of drug-likeness (QED) is 0.759. The standard InChI is InChI=1S/C16H27NO2/c1-6-12(3)10-13(7-2)17-15-11-14(18-4)8-9-16(15)19-5/h8-9,11-13,17H,6-7,10H2,1-5H3. The van der Waals surface area contributed by atoms with Crippen LogP contribution in [0.25, 0.3) is 0 Å². The molecule has 1 N–H and O–H groups in total. The summed E-state index contributed by atoms with van der Waals surface area (Å²) in [6.07, 6.45) is 3.49. The first-order valence-electron chi connectivity index (χ1n) is 7.13. The summed E-state index contributed by atoms with van der Waals surface area (Å²) in [5, 5.41) is 3.58. The molecule has 0 heterocycles. The fourth-order valence-corrected chi connectivity index (χ4v) is 2.13. The van der Waals surface area contributed by atoms with Crippen LogP contribution >= 0.6 is 0 Å². The van der Waals surface area contributed by atoms with Crippen molar-refractivity contribution in [2.24, 2.45) is 5.92 Å². The van der Waals surface area contributed by atoms with Crippen molar-refractivity contribution in [3.05, 3.63) is 18.2 Å². The van der Waals surface area contributed by atoms with Gasteiger partial charge in [-0.15, -0.1) is 0 Å². The molecule has 0 radical (unpaired) electrons. The van der Waals surface area contributed by atoms with Crippen molar-refractivity contribution in [3.63, 3.8) is 0 Å². The van der Waals surface area contributed by atoms with E-state index >= 15 is 0 Å². The minimum absolute atomic E-state index is 0.468. The van der Waals surface area contributed by atoms with Gasteiger partial charge in [-0.25, -0.2) is 0 Å². The van der Waals surface area contributed by atoms with Crippen LogP contribution in [0.15, 0.2) is 18.2 Å². The zero-order chi connectivity index (χ0) is 14.3. The number of benzene rings is 1. The van der Waals surface area contributed by atoms with Crippen LogP contribution in [0, 0.1) is 5.92 Å². The van der Waals surface area contributed by atoms with E-state index in [2.05, 4.69) is 26.1 Å². The zero-order valence-electron chi connectivity index (χ0n) is 12.8. The molecule has 2 atom stereocenters. The third-order valence-electron chi connectivity index (χ3n) is 3.64. The van der Waals surface area contributed by atoms with Gasteiger partial charge in [-0.3, -0.25) is 0 Å². The van der Waals surface area contributed by atoms with E-state index in [-0.39, 0.29) is 0 Å². The summed E-state index contributed by atoms with van der Waals surface area (Å²) >= 11 is 0. The smallest absolute Gasteiger partial charge is 0.142 e. The molecular weight excluding hydrogens is 238 g/mol. The molecule has 0 aliphatic heterocycles. The average Bonchev–Trinajstić information content (AvgIpc) is 2.45. The highest BCUT2D eigenvalue weighted by Gasteiger charge is 2.13. The molecule has 108 valence electrons. The predicted molar refractivity (Wildman–Crippen MR) is 81.3 cm³/mol. The molecule has 0 saturated heterocycles. The Kier molecular flexibility index (Phi) is 6.54. The average molecular weight is 265 g/mol. The normalized spacial score (nSPS) is 13.7. The van der Waals surface area contributed by atoms with Crippen molar-refractivity contribution >= 4 is 5.69 Å². The maximum Gasteiger partial charge on any atom is 0.142 e. The molecule has 0 spiro atoms. The van der Waals surface area contributed by atoms with Gasteiger partial charge in [-0.1, -0.05) is 27.2 Å². The zero-order valence-corrected chi connectivity index (χ0v) is 12.8. The van der Waals surface area contributed by atoms with Gasteiger partial charge in [0.25, 0.3) is 0 Å². The Morgan fingerprint density at radius 2 is 1.84 bits per heavy atom. The Morgan fingerprint density at radius 1 is 1.11 bits per heavy atom. The number of ether oxygens (including phenoxy) is 2. The molecule has 1 rings (SSSR count). The number of anilines is 1. The summed E-state index contributed by atoms with van der Waals surface area (Å²) in [7, 11) is 3.38. The van der Waals surface area contributed by atoms with Crippen molar-refractivity contribution < 1.29 is 9.47 Å².